The number of carbonyl (C=O) groups excluding carboxylic acids is 1. The zero-order chi connectivity index (χ0) is 12.6. The van der Waals surface area contributed by atoms with E-state index in [-0.39, 0.29) is 5.56 Å². The van der Waals surface area contributed by atoms with Crippen LogP contribution in [0.2, 0.25) is 10.0 Å². The lowest BCUT2D eigenvalue weighted by Gasteiger charge is -2.07. The van der Waals surface area contributed by atoms with Gasteiger partial charge >= 0.3 is 5.97 Å². The van der Waals surface area contributed by atoms with Gasteiger partial charge in [0.25, 0.3) is 0 Å². The molecule has 0 amide bonds. The van der Waals surface area contributed by atoms with Gasteiger partial charge in [0, 0.05) is 15.2 Å². The molecule has 0 saturated heterocycles. The van der Waals surface area contributed by atoms with Crippen molar-refractivity contribution in [3.05, 3.63) is 37.5 Å². The summed E-state index contributed by atoms with van der Waals surface area (Å²) in [6, 6.07) is 3.61. The van der Waals surface area contributed by atoms with Gasteiger partial charge in [0.15, 0.2) is 0 Å². The fraction of sp³-hybridized carbons (Fsp3) is 0.0909. The molecule has 0 bridgehead atoms. The molecule has 0 aliphatic carbocycles. The molecule has 0 aliphatic rings. The van der Waals surface area contributed by atoms with Crippen molar-refractivity contribution in [2.24, 2.45) is 0 Å². The highest BCUT2D eigenvalue weighted by Crippen LogP contribution is 2.31. The van der Waals surface area contributed by atoms with Gasteiger partial charge in [-0.25, -0.2) is 4.79 Å². The van der Waals surface area contributed by atoms with Crippen LogP contribution in [0.3, 0.4) is 0 Å². The minimum Gasteiger partial charge on any atom is -0.465 e. The summed E-state index contributed by atoms with van der Waals surface area (Å²) < 4.78 is 5.55. The highest BCUT2D eigenvalue weighted by molar-refractivity contribution is 14.1. The lowest BCUT2D eigenvalue weighted by molar-refractivity contribution is 0.0600. The van der Waals surface area contributed by atoms with Gasteiger partial charge in [-0.1, -0.05) is 23.2 Å². The topological polar surface area (TPSA) is 39.2 Å². The first-order valence-electron chi connectivity index (χ1n) is 4.56. The summed E-state index contributed by atoms with van der Waals surface area (Å²) in [5.74, 6) is -0.514. The van der Waals surface area contributed by atoms with Gasteiger partial charge in [0.2, 0.25) is 0 Å². The molecule has 0 fully saturated rings. The number of methoxy groups -OCH3 is 1. The van der Waals surface area contributed by atoms with Crippen molar-refractivity contribution >= 4 is 62.7 Å². The van der Waals surface area contributed by atoms with E-state index in [0.29, 0.717) is 20.9 Å². The molecule has 0 spiro atoms. The van der Waals surface area contributed by atoms with Crippen molar-refractivity contribution < 1.29 is 9.53 Å². The second kappa shape index (κ2) is 4.96. The van der Waals surface area contributed by atoms with Crippen molar-refractivity contribution in [3.8, 4) is 0 Å². The van der Waals surface area contributed by atoms with Crippen molar-refractivity contribution in [1.82, 2.24) is 4.98 Å². The van der Waals surface area contributed by atoms with E-state index in [0.717, 1.165) is 3.57 Å². The molecule has 6 heteroatoms. The van der Waals surface area contributed by atoms with Crippen LogP contribution >= 0.6 is 45.8 Å². The van der Waals surface area contributed by atoms with E-state index < -0.39 is 5.97 Å². The largest absolute Gasteiger partial charge is 0.465 e. The van der Waals surface area contributed by atoms with E-state index in [1.54, 1.807) is 6.07 Å². The third-order valence-corrected chi connectivity index (χ3v) is 3.55. The average Bonchev–Trinajstić information content (AvgIpc) is 2.29. The fourth-order valence-electron chi connectivity index (χ4n) is 1.45. The molecule has 0 unspecified atom stereocenters. The Hall–Kier alpha value is -0.590. The van der Waals surface area contributed by atoms with Crippen LogP contribution in [0.25, 0.3) is 10.9 Å². The van der Waals surface area contributed by atoms with Crippen LogP contribution < -0.4 is 0 Å². The quantitative estimate of drug-likeness (QED) is 0.555. The molecule has 0 atom stereocenters. The number of pyridine rings is 1. The summed E-state index contributed by atoms with van der Waals surface area (Å²) in [4.78, 5) is 15.6. The number of fused-ring (bicyclic) bond motifs is 1. The summed E-state index contributed by atoms with van der Waals surface area (Å²) >= 11 is 14.3. The zero-order valence-corrected chi connectivity index (χ0v) is 12.3. The molecule has 0 saturated carbocycles. The summed E-state index contributed by atoms with van der Waals surface area (Å²) in [6.07, 6.45) is 1.37. The maximum atomic E-state index is 11.5. The smallest absolute Gasteiger partial charge is 0.340 e. The van der Waals surface area contributed by atoms with Crippen LogP contribution in [0.15, 0.2) is 18.3 Å². The average molecular weight is 382 g/mol. The third kappa shape index (κ3) is 2.34. The Morgan fingerprint density at radius 2 is 2.12 bits per heavy atom. The van der Waals surface area contributed by atoms with Crippen LogP contribution in [0.5, 0.6) is 0 Å². The van der Waals surface area contributed by atoms with Crippen LogP contribution in [-0.4, -0.2) is 18.1 Å². The van der Waals surface area contributed by atoms with Crippen LogP contribution in [0, 0.1) is 3.57 Å². The summed E-state index contributed by atoms with van der Waals surface area (Å²) in [5.41, 5.74) is 0.810. The first-order valence-corrected chi connectivity index (χ1v) is 6.39. The summed E-state index contributed by atoms with van der Waals surface area (Å²) in [5, 5.41) is 1.46. The highest BCUT2D eigenvalue weighted by Gasteiger charge is 2.16. The first kappa shape index (κ1) is 12.9. The molecule has 1 heterocycles. The van der Waals surface area contributed by atoms with E-state index in [2.05, 4.69) is 32.3 Å². The Kier molecular flexibility index (Phi) is 3.75. The molecular formula is C11H6Cl2INO2. The predicted octanol–water partition coefficient (Wildman–Crippen LogP) is 3.93. The van der Waals surface area contributed by atoms with Crippen molar-refractivity contribution in [2.45, 2.75) is 0 Å². The SMILES string of the molecule is COC(=O)c1cnc2c(Cl)cc(I)cc2c1Cl. The number of nitrogens with zero attached hydrogens (tertiary/aromatic N) is 1. The molecule has 0 radical (unpaired) electrons. The number of halogens is 3. The predicted molar refractivity (Wildman–Crippen MR) is 75.8 cm³/mol. The minimum absolute atomic E-state index is 0.236. The number of esters is 1. The van der Waals surface area contributed by atoms with E-state index in [4.69, 9.17) is 23.2 Å². The van der Waals surface area contributed by atoms with Gasteiger partial charge < -0.3 is 4.74 Å². The highest BCUT2D eigenvalue weighted by atomic mass is 127. The van der Waals surface area contributed by atoms with E-state index in [1.165, 1.54) is 13.3 Å². The second-order valence-electron chi connectivity index (χ2n) is 3.26. The Morgan fingerprint density at radius 1 is 1.41 bits per heavy atom. The van der Waals surface area contributed by atoms with Gasteiger partial charge in [0.1, 0.15) is 0 Å². The van der Waals surface area contributed by atoms with Gasteiger partial charge in [-0.2, -0.15) is 0 Å². The van der Waals surface area contributed by atoms with E-state index in [9.17, 15) is 4.79 Å². The lowest BCUT2D eigenvalue weighted by atomic mass is 10.1. The normalized spacial score (nSPS) is 10.6. The molecule has 1 aromatic heterocycles. The number of hydrogen-bond donors (Lipinski definition) is 0. The first-order chi connectivity index (χ1) is 8.04. The van der Waals surface area contributed by atoms with Crippen molar-refractivity contribution in [3.63, 3.8) is 0 Å². The number of rotatable bonds is 1. The standard InChI is InChI=1S/C11H6Cl2INO2/c1-17-11(16)7-4-15-10-6(9(7)13)2-5(14)3-8(10)12/h2-4H,1H3. The Labute approximate surface area is 121 Å². The third-order valence-electron chi connectivity index (χ3n) is 2.23. The molecule has 88 valence electrons. The van der Waals surface area contributed by atoms with E-state index >= 15 is 0 Å². The number of aromatic nitrogens is 1. The molecule has 2 aromatic rings. The molecule has 0 N–H and O–H groups in total. The van der Waals surface area contributed by atoms with Gasteiger partial charge in [0.05, 0.1) is 28.2 Å². The van der Waals surface area contributed by atoms with Gasteiger partial charge in [-0.05, 0) is 34.7 Å². The monoisotopic (exact) mass is 381 g/mol. The number of ether oxygens (including phenoxy) is 1. The maximum Gasteiger partial charge on any atom is 0.340 e. The second-order valence-corrected chi connectivity index (χ2v) is 5.29. The molecule has 2 rings (SSSR count). The Bertz CT molecular complexity index is 616. The molecule has 17 heavy (non-hydrogen) atoms. The molecule has 0 aliphatic heterocycles. The van der Waals surface area contributed by atoms with Gasteiger partial charge in [-0.3, -0.25) is 4.98 Å². The zero-order valence-electron chi connectivity index (χ0n) is 8.63. The van der Waals surface area contributed by atoms with Crippen molar-refractivity contribution in [2.75, 3.05) is 7.11 Å². The van der Waals surface area contributed by atoms with Crippen LogP contribution in [0.1, 0.15) is 10.4 Å². The fourth-order valence-corrected chi connectivity index (χ4v) is 2.79. The summed E-state index contributed by atoms with van der Waals surface area (Å²) in [7, 11) is 1.30. The molecular weight excluding hydrogens is 376 g/mol. The van der Waals surface area contributed by atoms with Crippen LogP contribution in [0.4, 0.5) is 0 Å². The molecule has 3 nitrogen and oxygen atoms in total. The number of hydrogen-bond acceptors (Lipinski definition) is 3. The van der Waals surface area contributed by atoms with E-state index in [1.807, 2.05) is 6.07 Å². The molecule has 1 aromatic carbocycles. The van der Waals surface area contributed by atoms with Crippen molar-refractivity contribution in [1.29, 1.82) is 0 Å². The maximum absolute atomic E-state index is 11.5. The Balaban J connectivity index is 2.79. The Morgan fingerprint density at radius 3 is 2.76 bits per heavy atom. The van der Waals surface area contributed by atoms with Crippen LogP contribution in [-0.2, 0) is 4.74 Å². The number of carbonyl (C=O) groups is 1. The lowest BCUT2D eigenvalue weighted by Crippen LogP contribution is -2.03. The number of benzene rings is 1. The summed E-state index contributed by atoms with van der Waals surface area (Å²) in [6.45, 7) is 0. The minimum atomic E-state index is -0.514. The van der Waals surface area contributed by atoms with Gasteiger partial charge in [-0.15, -0.1) is 0 Å².